The van der Waals surface area contributed by atoms with Crippen LogP contribution >= 0.6 is 0 Å². The molecule has 166 valence electrons. The third-order valence-electron chi connectivity index (χ3n) is 4.27. The number of rotatable bonds is 10. The van der Waals surface area contributed by atoms with Crippen LogP contribution in [-0.2, 0) is 14.8 Å². The number of aryl methyl sites for hydroxylation is 2. The van der Waals surface area contributed by atoms with Crippen LogP contribution in [0.1, 0.15) is 16.7 Å². The molecule has 0 saturated carbocycles. The number of sulfonamides is 1. The average molecular weight is 446 g/mol. The Morgan fingerprint density at radius 2 is 1.94 bits per heavy atom. The van der Waals surface area contributed by atoms with E-state index in [0.29, 0.717) is 29.4 Å². The van der Waals surface area contributed by atoms with Gasteiger partial charge in [-0.15, -0.1) is 0 Å². The van der Waals surface area contributed by atoms with Crippen molar-refractivity contribution in [1.82, 2.24) is 5.43 Å². The van der Waals surface area contributed by atoms with Crippen LogP contribution in [0.3, 0.4) is 0 Å². The Kier molecular flexibility index (Phi) is 8.21. The lowest BCUT2D eigenvalue weighted by Crippen LogP contribution is -2.39. The summed E-state index contributed by atoms with van der Waals surface area (Å²) in [5, 5.41) is 3.92. The Morgan fingerprint density at radius 3 is 2.58 bits per heavy atom. The maximum atomic E-state index is 12.4. The maximum absolute atomic E-state index is 12.4. The fourth-order valence-corrected chi connectivity index (χ4v) is 3.65. The van der Waals surface area contributed by atoms with E-state index in [1.54, 1.807) is 37.3 Å². The summed E-state index contributed by atoms with van der Waals surface area (Å²) in [5.74, 6) is 0.497. The van der Waals surface area contributed by atoms with Gasteiger partial charge in [0.05, 0.1) is 25.3 Å². The molecular formula is C22H27N3O5S. The molecule has 0 radical (unpaired) electrons. The standard InChI is InChI=1S/C22H27N3O5S/c1-6-11-30-20-10-9-18(13-21(20)29-4)14-23-24-22(26)15-25(31(5,27)28)19-12-16(2)7-8-17(19)3/h6-10,12-14H,1,11,15H2,2-5H3,(H,24,26)/b23-14+. The summed E-state index contributed by atoms with van der Waals surface area (Å²) in [4.78, 5) is 12.4. The number of nitrogens with one attached hydrogen (secondary N) is 1. The number of carbonyl (C=O) groups is 1. The molecule has 2 rings (SSSR count). The van der Waals surface area contributed by atoms with Gasteiger partial charge in [-0.3, -0.25) is 9.10 Å². The normalized spacial score (nSPS) is 11.2. The molecule has 0 aliphatic carbocycles. The molecule has 8 nitrogen and oxygen atoms in total. The van der Waals surface area contributed by atoms with Gasteiger partial charge >= 0.3 is 0 Å². The second-order valence-corrected chi connectivity index (χ2v) is 8.77. The van der Waals surface area contributed by atoms with Crippen LogP contribution in [0.5, 0.6) is 11.5 Å². The Morgan fingerprint density at radius 1 is 1.19 bits per heavy atom. The number of ether oxygens (including phenoxy) is 2. The molecule has 0 unspecified atom stereocenters. The second-order valence-electron chi connectivity index (χ2n) is 6.86. The van der Waals surface area contributed by atoms with Gasteiger partial charge in [0.25, 0.3) is 5.91 Å². The molecule has 0 aliphatic rings. The number of hydrogen-bond donors (Lipinski definition) is 1. The minimum Gasteiger partial charge on any atom is -0.493 e. The van der Waals surface area contributed by atoms with E-state index in [4.69, 9.17) is 9.47 Å². The number of benzene rings is 2. The van der Waals surface area contributed by atoms with Gasteiger partial charge in [-0.25, -0.2) is 13.8 Å². The molecular weight excluding hydrogens is 418 g/mol. The van der Waals surface area contributed by atoms with Crippen molar-refractivity contribution in [3.63, 3.8) is 0 Å². The first-order chi connectivity index (χ1) is 14.7. The summed E-state index contributed by atoms with van der Waals surface area (Å²) in [7, 11) is -2.15. The van der Waals surface area contributed by atoms with Crippen LogP contribution in [0, 0.1) is 13.8 Å². The predicted octanol–water partition coefficient (Wildman–Crippen LogP) is 2.79. The zero-order chi connectivity index (χ0) is 23.0. The first kappa shape index (κ1) is 23.9. The van der Waals surface area contributed by atoms with Gasteiger partial charge in [-0.1, -0.05) is 24.8 Å². The van der Waals surface area contributed by atoms with E-state index in [0.717, 1.165) is 21.7 Å². The zero-order valence-corrected chi connectivity index (χ0v) is 18.9. The molecule has 2 aromatic carbocycles. The van der Waals surface area contributed by atoms with E-state index in [1.165, 1.54) is 13.3 Å². The average Bonchev–Trinajstić information content (AvgIpc) is 2.72. The fraction of sp³-hybridized carbons (Fsp3) is 0.273. The monoisotopic (exact) mass is 445 g/mol. The summed E-state index contributed by atoms with van der Waals surface area (Å²) in [5.41, 5.74) is 5.13. The molecule has 1 N–H and O–H groups in total. The molecule has 0 fully saturated rings. The largest absolute Gasteiger partial charge is 0.493 e. The molecule has 0 heterocycles. The lowest BCUT2D eigenvalue weighted by molar-refractivity contribution is -0.119. The molecule has 0 aliphatic heterocycles. The Bertz CT molecular complexity index is 1080. The molecule has 0 atom stereocenters. The van der Waals surface area contributed by atoms with Crippen molar-refractivity contribution in [3.05, 3.63) is 65.7 Å². The zero-order valence-electron chi connectivity index (χ0n) is 18.1. The number of amides is 1. The highest BCUT2D eigenvalue weighted by molar-refractivity contribution is 7.92. The van der Waals surface area contributed by atoms with Gasteiger partial charge in [0.1, 0.15) is 13.2 Å². The number of hydrogen-bond acceptors (Lipinski definition) is 6. The minimum absolute atomic E-state index is 0.344. The van der Waals surface area contributed by atoms with Gasteiger partial charge < -0.3 is 9.47 Å². The smallest absolute Gasteiger partial charge is 0.260 e. The predicted molar refractivity (Wildman–Crippen MR) is 123 cm³/mol. The van der Waals surface area contributed by atoms with Crippen LogP contribution in [-0.4, -0.2) is 47.1 Å². The minimum atomic E-state index is -3.67. The van der Waals surface area contributed by atoms with Gasteiger partial charge in [-0.05, 0) is 54.8 Å². The molecule has 0 saturated heterocycles. The number of anilines is 1. The number of methoxy groups -OCH3 is 1. The topological polar surface area (TPSA) is 97.3 Å². The SMILES string of the molecule is C=CCOc1ccc(/C=N/NC(=O)CN(c2cc(C)ccc2C)S(C)(=O)=O)cc1OC. The maximum Gasteiger partial charge on any atom is 0.260 e. The van der Waals surface area contributed by atoms with Crippen molar-refractivity contribution in [2.75, 3.05) is 30.8 Å². The second kappa shape index (κ2) is 10.6. The number of carbonyl (C=O) groups excluding carboxylic acids is 1. The molecule has 0 aromatic heterocycles. The highest BCUT2D eigenvalue weighted by Crippen LogP contribution is 2.27. The summed E-state index contributed by atoms with van der Waals surface area (Å²) in [6.07, 6.45) is 4.12. The van der Waals surface area contributed by atoms with E-state index in [1.807, 2.05) is 19.1 Å². The number of nitrogens with zero attached hydrogens (tertiary/aromatic N) is 2. The van der Waals surface area contributed by atoms with E-state index in [9.17, 15) is 13.2 Å². The summed E-state index contributed by atoms with van der Waals surface area (Å²) >= 11 is 0. The van der Waals surface area contributed by atoms with Crippen LogP contribution < -0.4 is 19.2 Å². The molecule has 2 aromatic rings. The Balaban J connectivity index is 2.11. The fourth-order valence-electron chi connectivity index (χ4n) is 2.75. The van der Waals surface area contributed by atoms with Crippen molar-refractivity contribution >= 4 is 27.8 Å². The highest BCUT2D eigenvalue weighted by atomic mass is 32.2. The van der Waals surface area contributed by atoms with Crippen molar-refractivity contribution in [2.24, 2.45) is 5.10 Å². The first-order valence-electron chi connectivity index (χ1n) is 9.44. The van der Waals surface area contributed by atoms with E-state index >= 15 is 0 Å². The third-order valence-corrected chi connectivity index (χ3v) is 5.39. The van der Waals surface area contributed by atoms with Crippen molar-refractivity contribution < 1.29 is 22.7 Å². The summed E-state index contributed by atoms with van der Waals surface area (Å²) < 4.78 is 36.4. The Hall–Kier alpha value is -3.33. The number of hydrazone groups is 1. The van der Waals surface area contributed by atoms with Crippen molar-refractivity contribution in [2.45, 2.75) is 13.8 Å². The third kappa shape index (κ3) is 6.85. The van der Waals surface area contributed by atoms with Gasteiger partial charge in [0.15, 0.2) is 11.5 Å². The first-order valence-corrected chi connectivity index (χ1v) is 11.3. The lowest BCUT2D eigenvalue weighted by atomic mass is 10.1. The summed E-state index contributed by atoms with van der Waals surface area (Å²) in [6, 6.07) is 10.6. The molecule has 9 heteroatoms. The van der Waals surface area contributed by atoms with Crippen LogP contribution in [0.2, 0.25) is 0 Å². The lowest BCUT2D eigenvalue weighted by Gasteiger charge is -2.23. The van der Waals surface area contributed by atoms with Gasteiger partial charge in [-0.2, -0.15) is 5.10 Å². The van der Waals surface area contributed by atoms with E-state index in [-0.39, 0.29) is 0 Å². The van der Waals surface area contributed by atoms with Crippen molar-refractivity contribution in [3.8, 4) is 11.5 Å². The highest BCUT2D eigenvalue weighted by Gasteiger charge is 2.22. The van der Waals surface area contributed by atoms with Crippen LogP contribution in [0.15, 0.2) is 54.2 Å². The van der Waals surface area contributed by atoms with Gasteiger partial charge in [0, 0.05) is 0 Å². The summed E-state index contributed by atoms with van der Waals surface area (Å²) in [6.45, 7) is 7.20. The van der Waals surface area contributed by atoms with Crippen LogP contribution in [0.25, 0.3) is 0 Å². The molecule has 31 heavy (non-hydrogen) atoms. The van der Waals surface area contributed by atoms with E-state index < -0.39 is 22.5 Å². The van der Waals surface area contributed by atoms with Crippen molar-refractivity contribution in [1.29, 1.82) is 0 Å². The molecule has 0 bridgehead atoms. The molecule has 0 spiro atoms. The van der Waals surface area contributed by atoms with Gasteiger partial charge in [0.2, 0.25) is 10.0 Å². The Labute approximate surface area is 183 Å². The van der Waals surface area contributed by atoms with E-state index in [2.05, 4.69) is 17.1 Å². The quantitative estimate of drug-likeness (QED) is 0.345. The van der Waals surface area contributed by atoms with Crippen LogP contribution in [0.4, 0.5) is 5.69 Å². The molecule has 1 amide bonds.